The Labute approximate surface area is 140 Å². The summed E-state index contributed by atoms with van der Waals surface area (Å²) in [7, 11) is 3.83. The lowest BCUT2D eigenvalue weighted by Crippen LogP contribution is -2.22. The highest BCUT2D eigenvalue weighted by Gasteiger charge is 2.19. The molecule has 1 aliphatic carbocycles. The Bertz CT molecular complexity index is 772. The average molecular weight is 329 g/mol. The zero-order chi connectivity index (χ0) is 17.1. The van der Waals surface area contributed by atoms with E-state index < -0.39 is 6.10 Å². The molecule has 0 aliphatic heterocycles. The Hall–Kier alpha value is -2.41. The molecule has 1 unspecified atom stereocenters. The molecule has 3 rings (SSSR count). The number of aliphatic hydroxyl groups excluding tert-OH is 1. The van der Waals surface area contributed by atoms with E-state index in [1.54, 1.807) is 12.1 Å². The van der Waals surface area contributed by atoms with E-state index in [-0.39, 0.29) is 12.1 Å². The first-order chi connectivity index (χ1) is 11.5. The molecule has 7 heteroatoms. The molecule has 24 heavy (non-hydrogen) atoms. The van der Waals surface area contributed by atoms with Crippen LogP contribution in [0.4, 0.5) is 11.8 Å². The van der Waals surface area contributed by atoms with Crippen LogP contribution in [0.1, 0.15) is 35.9 Å². The molecule has 0 fully saturated rings. The molecule has 0 amide bonds. The SMILES string of the molecule is CN(C)c1nc2c(c(NCC(O)c3cccc(=O)[nH]3)n1)CCCC2. The van der Waals surface area contributed by atoms with Crippen LogP contribution in [-0.2, 0) is 12.8 Å². The minimum atomic E-state index is -0.809. The number of aliphatic hydroxyl groups is 1. The van der Waals surface area contributed by atoms with Gasteiger partial charge in [-0.3, -0.25) is 4.79 Å². The Morgan fingerprint density at radius 2 is 2.08 bits per heavy atom. The second kappa shape index (κ2) is 7.00. The number of rotatable bonds is 5. The van der Waals surface area contributed by atoms with Crippen molar-refractivity contribution in [2.45, 2.75) is 31.8 Å². The Morgan fingerprint density at radius 1 is 1.29 bits per heavy atom. The van der Waals surface area contributed by atoms with E-state index >= 15 is 0 Å². The van der Waals surface area contributed by atoms with Crippen molar-refractivity contribution >= 4 is 11.8 Å². The molecule has 128 valence electrons. The number of hydrogen-bond acceptors (Lipinski definition) is 6. The monoisotopic (exact) mass is 329 g/mol. The number of aryl methyl sites for hydroxylation is 1. The summed E-state index contributed by atoms with van der Waals surface area (Å²) >= 11 is 0. The van der Waals surface area contributed by atoms with E-state index in [2.05, 4.69) is 20.3 Å². The summed E-state index contributed by atoms with van der Waals surface area (Å²) in [6.45, 7) is 0.274. The second-order valence-corrected chi connectivity index (χ2v) is 6.27. The lowest BCUT2D eigenvalue weighted by atomic mass is 9.96. The predicted molar refractivity (Wildman–Crippen MR) is 93.5 cm³/mol. The number of anilines is 2. The number of nitrogens with one attached hydrogen (secondary N) is 2. The normalized spacial score (nSPS) is 14.8. The molecule has 3 N–H and O–H groups in total. The first kappa shape index (κ1) is 16.4. The number of fused-ring (bicyclic) bond motifs is 1. The fourth-order valence-corrected chi connectivity index (χ4v) is 2.89. The van der Waals surface area contributed by atoms with Crippen LogP contribution < -0.4 is 15.8 Å². The molecule has 2 aromatic heterocycles. The molecule has 0 saturated heterocycles. The van der Waals surface area contributed by atoms with Gasteiger partial charge in [-0.15, -0.1) is 0 Å². The zero-order valence-corrected chi connectivity index (χ0v) is 14.0. The summed E-state index contributed by atoms with van der Waals surface area (Å²) < 4.78 is 0. The summed E-state index contributed by atoms with van der Waals surface area (Å²) in [5.74, 6) is 1.45. The number of hydrogen-bond donors (Lipinski definition) is 3. The molecule has 7 nitrogen and oxygen atoms in total. The largest absolute Gasteiger partial charge is 0.385 e. The molecule has 2 aromatic rings. The third kappa shape index (κ3) is 3.56. The highest BCUT2D eigenvalue weighted by atomic mass is 16.3. The molecule has 1 atom stereocenters. The number of aromatic amines is 1. The van der Waals surface area contributed by atoms with Crippen molar-refractivity contribution in [2.75, 3.05) is 30.9 Å². The van der Waals surface area contributed by atoms with E-state index in [1.807, 2.05) is 19.0 Å². The van der Waals surface area contributed by atoms with Crippen molar-refractivity contribution in [3.05, 3.63) is 45.5 Å². The molecular formula is C17H23N5O2. The summed E-state index contributed by atoms with van der Waals surface area (Å²) in [5, 5.41) is 13.5. The minimum Gasteiger partial charge on any atom is -0.385 e. The molecule has 2 heterocycles. The van der Waals surface area contributed by atoms with Crippen molar-refractivity contribution < 1.29 is 5.11 Å². The molecule has 0 bridgehead atoms. The quantitative estimate of drug-likeness (QED) is 0.764. The fourth-order valence-electron chi connectivity index (χ4n) is 2.89. The first-order valence-corrected chi connectivity index (χ1v) is 8.23. The number of aromatic nitrogens is 3. The van der Waals surface area contributed by atoms with Crippen molar-refractivity contribution in [1.29, 1.82) is 0 Å². The van der Waals surface area contributed by atoms with Crippen LogP contribution in [0.25, 0.3) is 0 Å². The van der Waals surface area contributed by atoms with E-state index in [1.165, 1.54) is 6.07 Å². The summed E-state index contributed by atoms with van der Waals surface area (Å²) in [5.41, 5.74) is 2.50. The van der Waals surface area contributed by atoms with Crippen LogP contribution >= 0.6 is 0 Å². The summed E-state index contributed by atoms with van der Waals surface area (Å²) in [4.78, 5) is 25.1. The summed E-state index contributed by atoms with van der Waals surface area (Å²) in [6.07, 6.45) is 3.37. The smallest absolute Gasteiger partial charge is 0.248 e. The third-order valence-electron chi connectivity index (χ3n) is 4.18. The maximum Gasteiger partial charge on any atom is 0.248 e. The highest BCUT2D eigenvalue weighted by molar-refractivity contribution is 5.52. The molecule has 0 spiro atoms. The molecule has 0 radical (unpaired) electrons. The van der Waals surface area contributed by atoms with E-state index in [0.717, 1.165) is 42.8 Å². The predicted octanol–water partition coefficient (Wildman–Crippen LogP) is 1.26. The van der Waals surface area contributed by atoms with Gasteiger partial charge in [-0.25, -0.2) is 4.98 Å². The molecule has 1 aliphatic rings. The average Bonchev–Trinajstić information content (AvgIpc) is 2.59. The van der Waals surface area contributed by atoms with Gasteiger partial charge in [0.15, 0.2) is 0 Å². The van der Waals surface area contributed by atoms with Crippen LogP contribution in [0.3, 0.4) is 0 Å². The molecular weight excluding hydrogens is 306 g/mol. The van der Waals surface area contributed by atoms with Gasteiger partial charge in [0.25, 0.3) is 0 Å². The van der Waals surface area contributed by atoms with Crippen molar-refractivity contribution in [1.82, 2.24) is 15.0 Å². The third-order valence-corrected chi connectivity index (χ3v) is 4.18. The van der Waals surface area contributed by atoms with Gasteiger partial charge in [-0.1, -0.05) is 6.07 Å². The number of H-pyrrole nitrogens is 1. The topological polar surface area (TPSA) is 94.1 Å². The maximum atomic E-state index is 11.4. The second-order valence-electron chi connectivity index (χ2n) is 6.27. The van der Waals surface area contributed by atoms with Crippen LogP contribution in [0.15, 0.2) is 23.0 Å². The van der Waals surface area contributed by atoms with E-state index in [0.29, 0.717) is 11.6 Å². The molecule has 0 aromatic carbocycles. The van der Waals surface area contributed by atoms with Crippen molar-refractivity contribution in [3.63, 3.8) is 0 Å². The van der Waals surface area contributed by atoms with E-state index in [9.17, 15) is 9.90 Å². The van der Waals surface area contributed by atoms with Gasteiger partial charge in [0.1, 0.15) is 11.9 Å². The minimum absolute atomic E-state index is 0.221. The van der Waals surface area contributed by atoms with Gasteiger partial charge in [0.05, 0.1) is 5.69 Å². The van der Waals surface area contributed by atoms with Crippen LogP contribution in [0.5, 0.6) is 0 Å². The Morgan fingerprint density at radius 3 is 2.83 bits per heavy atom. The van der Waals surface area contributed by atoms with Gasteiger partial charge in [-0.2, -0.15) is 4.98 Å². The fraction of sp³-hybridized carbons (Fsp3) is 0.471. The van der Waals surface area contributed by atoms with Crippen LogP contribution in [0.2, 0.25) is 0 Å². The Kier molecular flexibility index (Phi) is 4.80. The van der Waals surface area contributed by atoms with Gasteiger partial charge in [0, 0.05) is 38.0 Å². The summed E-state index contributed by atoms with van der Waals surface area (Å²) in [6, 6.07) is 4.76. The van der Waals surface area contributed by atoms with Gasteiger partial charge in [0.2, 0.25) is 11.5 Å². The van der Waals surface area contributed by atoms with Crippen LogP contribution in [-0.4, -0.2) is 40.7 Å². The van der Waals surface area contributed by atoms with Crippen LogP contribution in [0, 0.1) is 0 Å². The van der Waals surface area contributed by atoms with E-state index in [4.69, 9.17) is 0 Å². The lowest BCUT2D eigenvalue weighted by Gasteiger charge is -2.22. The standard InChI is InChI=1S/C17H23N5O2/c1-22(2)17-20-12-7-4-3-6-11(12)16(21-17)18-10-14(23)13-8-5-9-15(24)19-13/h5,8-9,14,23H,3-4,6-7,10H2,1-2H3,(H,19,24)(H,18,20,21). The van der Waals surface area contributed by atoms with Crippen molar-refractivity contribution in [3.8, 4) is 0 Å². The maximum absolute atomic E-state index is 11.4. The first-order valence-electron chi connectivity index (χ1n) is 8.23. The molecule has 0 saturated carbocycles. The zero-order valence-electron chi connectivity index (χ0n) is 14.0. The van der Waals surface area contributed by atoms with Crippen molar-refractivity contribution in [2.24, 2.45) is 0 Å². The van der Waals surface area contributed by atoms with Gasteiger partial charge >= 0.3 is 0 Å². The lowest BCUT2D eigenvalue weighted by molar-refractivity contribution is 0.186. The van der Waals surface area contributed by atoms with Gasteiger partial charge < -0.3 is 20.3 Å². The number of pyridine rings is 1. The highest BCUT2D eigenvalue weighted by Crippen LogP contribution is 2.27. The van der Waals surface area contributed by atoms with Gasteiger partial charge in [-0.05, 0) is 31.7 Å². The Balaban J connectivity index is 1.81. The number of nitrogens with zero attached hydrogens (tertiary/aromatic N) is 3.